The number of rotatable bonds is 2. The topological polar surface area (TPSA) is 140 Å². The Hall–Kier alpha value is -1.88. The summed E-state index contributed by atoms with van der Waals surface area (Å²) in [7, 11) is 0. The lowest BCUT2D eigenvalue weighted by Gasteiger charge is -2.16. The molecule has 0 aromatic carbocycles. The van der Waals surface area contributed by atoms with Crippen LogP contribution in [0.3, 0.4) is 0 Å². The lowest BCUT2D eigenvalue weighted by molar-refractivity contribution is -0.0511. The van der Waals surface area contributed by atoms with Crippen LogP contribution in [0.1, 0.15) is 6.23 Å². The number of imidazole rings is 1. The largest absolute Gasteiger partial charge is 0.394 e. The van der Waals surface area contributed by atoms with Gasteiger partial charge < -0.3 is 25.8 Å². The molecule has 20 heavy (non-hydrogen) atoms. The number of hydrogen-bond donors (Lipinski definition) is 4. The van der Waals surface area contributed by atoms with E-state index in [1.54, 1.807) is 0 Å². The van der Waals surface area contributed by atoms with Crippen molar-refractivity contribution in [1.82, 2.24) is 19.5 Å². The predicted molar refractivity (Wildman–Crippen MR) is 62.7 cm³/mol. The first-order valence-electron chi connectivity index (χ1n) is 5.81. The van der Waals surface area contributed by atoms with E-state index in [9.17, 15) is 14.6 Å². The quantitative estimate of drug-likeness (QED) is 0.472. The number of hydrogen-bond acceptors (Lipinski definition) is 8. The molecule has 108 valence electrons. The lowest BCUT2D eigenvalue weighted by atomic mass is 10.1. The van der Waals surface area contributed by atoms with E-state index < -0.39 is 37.2 Å². The summed E-state index contributed by atoms with van der Waals surface area (Å²) in [6, 6.07) is 0. The van der Waals surface area contributed by atoms with Gasteiger partial charge in [0.05, 0.1) is 12.9 Å². The first-order chi connectivity index (χ1) is 9.52. The summed E-state index contributed by atoms with van der Waals surface area (Å²) >= 11 is 0. The molecule has 0 amide bonds. The number of nitrogen functional groups attached to an aromatic ring is 1. The van der Waals surface area contributed by atoms with E-state index in [2.05, 4.69) is 15.0 Å². The van der Waals surface area contributed by atoms with Gasteiger partial charge in [-0.3, -0.25) is 4.57 Å². The molecule has 1 aliphatic heterocycles. The lowest BCUT2D eigenvalue weighted by Crippen LogP contribution is -2.33. The summed E-state index contributed by atoms with van der Waals surface area (Å²) < 4.78 is 19.8. The zero-order chi connectivity index (χ0) is 14.4. The number of aromatic nitrogens is 4. The Kier molecular flexibility index (Phi) is 3.01. The third-order valence-electron chi connectivity index (χ3n) is 3.21. The summed E-state index contributed by atoms with van der Waals surface area (Å²) in [6.07, 6.45) is -4.38. The van der Waals surface area contributed by atoms with Gasteiger partial charge in [0, 0.05) is 0 Å². The SMILES string of the molecule is Nc1nc([18F])nc2c1ncn2[C@@H]1O[C@H](CO)C(O)[C@@H]1O. The first-order valence-corrected chi connectivity index (χ1v) is 5.81. The van der Waals surface area contributed by atoms with E-state index in [4.69, 9.17) is 15.6 Å². The second kappa shape index (κ2) is 4.59. The number of nitrogens with zero attached hydrogens (tertiary/aromatic N) is 4. The van der Waals surface area contributed by atoms with Gasteiger partial charge in [0.2, 0.25) is 0 Å². The third-order valence-corrected chi connectivity index (χ3v) is 3.21. The van der Waals surface area contributed by atoms with Gasteiger partial charge >= 0.3 is 6.08 Å². The van der Waals surface area contributed by atoms with Gasteiger partial charge in [0.15, 0.2) is 23.2 Å². The Balaban J connectivity index is 2.07. The molecule has 4 atom stereocenters. The second-order valence-corrected chi connectivity index (χ2v) is 4.43. The molecule has 2 aromatic rings. The Morgan fingerprint density at radius 2 is 2.10 bits per heavy atom. The number of anilines is 1. The van der Waals surface area contributed by atoms with Crippen LogP contribution < -0.4 is 5.73 Å². The van der Waals surface area contributed by atoms with Gasteiger partial charge in [0.1, 0.15) is 18.3 Å². The highest BCUT2D eigenvalue weighted by Gasteiger charge is 2.44. The molecule has 0 radical (unpaired) electrons. The number of halogens is 1. The summed E-state index contributed by atoms with van der Waals surface area (Å²) in [6.45, 7) is -0.465. The molecular weight excluding hydrogens is 272 g/mol. The first kappa shape index (κ1) is 13.1. The maximum atomic E-state index is 13.2. The molecule has 10 heteroatoms. The second-order valence-electron chi connectivity index (χ2n) is 4.43. The highest BCUT2D eigenvalue weighted by molar-refractivity contribution is 5.81. The molecule has 0 bridgehead atoms. The van der Waals surface area contributed by atoms with Crippen LogP contribution in [0.15, 0.2) is 6.33 Å². The molecule has 0 aliphatic carbocycles. The smallest absolute Gasteiger partial charge is 0.312 e. The fourth-order valence-electron chi connectivity index (χ4n) is 2.21. The molecule has 1 fully saturated rings. The van der Waals surface area contributed by atoms with Crippen molar-refractivity contribution in [2.75, 3.05) is 12.3 Å². The molecule has 0 saturated carbocycles. The van der Waals surface area contributed by atoms with Crippen LogP contribution in [-0.4, -0.2) is 59.8 Å². The summed E-state index contributed by atoms with van der Waals surface area (Å²) in [5.41, 5.74) is 5.71. The molecule has 3 rings (SSSR count). The van der Waals surface area contributed by atoms with Crippen LogP contribution in [0.25, 0.3) is 11.2 Å². The zero-order valence-electron chi connectivity index (χ0n) is 10.1. The van der Waals surface area contributed by atoms with Crippen LogP contribution in [-0.2, 0) is 4.74 Å². The van der Waals surface area contributed by atoms with Gasteiger partial charge in [-0.05, 0) is 0 Å². The van der Waals surface area contributed by atoms with Crippen molar-refractivity contribution in [3.63, 3.8) is 0 Å². The zero-order valence-corrected chi connectivity index (χ0v) is 10.1. The van der Waals surface area contributed by atoms with E-state index >= 15 is 0 Å². The Labute approximate surface area is 111 Å². The number of ether oxygens (including phenoxy) is 1. The number of nitrogens with two attached hydrogens (primary N) is 1. The van der Waals surface area contributed by atoms with Crippen LogP contribution in [0.4, 0.5) is 10.2 Å². The van der Waals surface area contributed by atoms with E-state index in [0.717, 1.165) is 0 Å². The van der Waals surface area contributed by atoms with Gasteiger partial charge in [-0.25, -0.2) is 4.98 Å². The van der Waals surface area contributed by atoms with Crippen molar-refractivity contribution in [1.29, 1.82) is 0 Å². The molecule has 1 aliphatic rings. The minimum Gasteiger partial charge on any atom is -0.394 e. The summed E-state index contributed by atoms with van der Waals surface area (Å²) in [5.74, 6) is -0.141. The standard InChI is InChI=1S/C10H12FN5O4/c11-10-14-7(12)4-8(15-10)16(2-13-4)9-6(19)5(18)3(1-17)20-9/h2-3,5-6,9,17-19H,1H2,(H2,12,14,15)/t3-,5?,6+,9-/m1/s1/i11-1. The molecule has 0 spiro atoms. The molecular formula is C10H12FN5O4. The van der Waals surface area contributed by atoms with E-state index in [0.29, 0.717) is 0 Å². The maximum absolute atomic E-state index is 13.2. The average Bonchev–Trinajstić information content (AvgIpc) is 2.93. The van der Waals surface area contributed by atoms with E-state index in [1.807, 2.05) is 0 Å². The Morgan fingerprint density at radius 3 is 2.75 bits per heavy atom. The normalized spacial score (nSPS) is 30.2. The summed E-state index contributed by atoms with van der Waals surface area (Å²) in [4.78, 5) is 10.8. The van der Waals surface area contributed by atoms with Crippen molar-refractivity contribution in [2.24, 2.45) is 0 Å². The minimum absolute atomic E-state index is 0.0323. The monoisotopic (exact) mass is 284 g/mol. The summed E-state index contributed by atoms with van der Waals surface area (Å²) in [5, 5.41) is 28.7. The van der Waals surface area contributed by atoms with Crippen molar-refractivity contribution in [3.8, 4) is 0 Å². The fourth-order valence-corrected chi connectivity index (χ4v) is 2.21. The van der Waals surface area contributed by atoms with Gasteiger partial charge in [-0.2, -0.15) is 14.4 Å². The molecule has 2 aromatic heterocycles. The van der Waals surface area contributed by atoms with Crippen molar-refractivity contribution < 1.29 is 24.4 Å². The molecule has 1 unspecified atom stereocenters. The molecule has 9 nitrogen and oxygen atoms in total. The fraction of sp³-hybridized carbons (Fsp3) is 0.500. The minimum atomic E-state index is -1.32. The van der Waals surface area contributed by atoms with Gasteiger partial charge in [0.25, 0.3) is 0 Å². The van der Waals surface area contributed by atoms with Crippen molar-refractivity contribution >= 4 is 17.0 Å². The molecule has 5 N–H and O–H groups in total. The highest BCUT2D eigenvalue weighted by Crippen LogP contribution is 2.31. The molecule has 3 heterocycles. The Bertz CT molecular complexity index is 650. The highest BCUT2D eigenvalue weighted by atomic mass is 18.2. The average molecular weight is 284 g/mol. The van der Waals surface area contributed by atoms with Gasteiger partial charge in [-0.1, -0.05) is 0 Å². The van der Waals surface area contributed by atoms with Gasteiger partial charge in [-0.15, -0.1) is 0 Å². The van der Waals surface area contributed by atoms with Crippen molar-refractivity contribution in [2.45, 2.75) is 24.5 Å². The van der Waals surface area contributed by atoms with Crippen molar-refractivity contribution in [3.05, 3.63) is 12.4 Å². The van der Waals surface area contributed by atoms with Crippen LogP contribution in [0.2, 0.25) is 0 Å². The van der Waals surface area contributed by atoms with Crippen LogP contribution >= 0.6 is 0 Å². The third kappa shape index (κ3) is 1.81. The van der Waals surface area contributed by atoms with Crippen LogP contribution in [0, 0.1) is 6.08 Å². The van der Waals surface area contributed by atoms with E-state index in [-0.39, 0.29) is 17.0 Å². The number of fused-ring (bicyclic) bond motifs is 1. The number of aliphatic hydroxyl groups excluding tert-OH is 3. The molecule has 1 saturated heterocycles. The van der Waals surface area contributed by atoms with E-state index in [1.165, 1.54) is 10.9 Å². The van der Waals surface area contributed by atoms with Crippen LogP contribution in [0.5, 0.6) is 0 Å². The maximum Gasteiger partial charge on any atom is 0.312 e. The Morgan fingerprint density at radius 1 is 1.35 bits per heavy atom. The number of aliphatic hydroxyl groups is 3. The predicted octanol–water partition coefficient (Wildman–Crippen LogP) is -1.84.